The molecule has 6 nitrogen and oxygen atoms in total. The zero-order valence-electron chi connectivity index (χ0n) is 11.9. The van der Waals surface area contributed by atoms with Gasteiger partial charge in [0.25, 0.3) is 0 Å². The molecule has 0 aliphatic heterocycles. The SMILES string of the molecule is Cc1c(C)c(C)c(C(=O)OC(O)CO)c(C(=O)O)c1C. The molecule has 1 atom stereocenters. The van der Waals surface area contributed by atoms with Crippen molar-refractivity contribution in [3.8, 4) is 0 Å². The summed E-state index contributed by atoms with van der Waals surface area (Å²) in [5.74, 6) is -2.20. The molecule has 1 aromatic carbocycles. The Kier molecular flexibility index (Phi) is 4.86. The fraction of sp³-hybridized carbons (Fsp3) is 0.429. The molecule has 0 saturated heterocycles. The summed E-state index contributed by atoms with van der Waals surface area (Å²) >= 11 is 0. The molecule has 0 bridgehead atoms. The van der Waals surface area contributed by atoms with Gasteiger partial charge in [-0.3, -0.25) is 0 Å². The third-order valence-electron chi connectivity index (χ3n) is 3.50. The highest BCUT2D eigenvalue weighted by molar-refractivity contribution is 6.05. The van der Waals surface area contributed by atoms with Crippen LogP contribution >= 0.6 is 0 Å². The van der Waals surface area contributed by atoms with Crippen LogP contribution in [0.4, 0.5) is 0 Å². The summed E-state index contributed by atoms with van der Waals surface area (Å²) in [6, 6.07) is 0. The Labute approximate surface area is 116 Å². The lowest BCUT2D eigenvalue weighted by atomic mass is 9.89. The molecule has 6 heteroatoms. The highest BCUT2D eigenvalue weighted by atomic mass is 16.6. The van der Waals surface area contributed by atoms with Crippen molar-refractivity contribution in [2.75, 3.05) is 6.61 Å². The van der Waals surface area contributed by atoms with Crippen molar-refractivity contribution in [2.45, 2.75) is 34.0 Å². The van der Waals surface area contributed by atoms with Crippen molar-refractivity contribution in [3.63, 3.8) is 0 Å². The monoisotopic (exact) mass is 282 g/mol. The molecule has 3 N–H and O–H groups in total. The Balaban J connectivity index is 3.52. The normalized spacial score (nSPS) is 12.1. The number of aliphatic hydroxyl groups is 2. The number of aliphatic hydroxyl groups excluding tert-OH is 2. The van der Waals surface area contributed by atoms with Crippen molar-refractivity contribution in [1.82, 2.24) is 0 Å². The first-order valence-corrected chi connectivity index (χ1v) is 6.05. The first-order valence-electron chi connectivity index (χ1n) is 6.05. The molecule has 0 spiro atoms. The van der Waals surface area contributed by atoms with E-state index in [-0.39, 0.29) is 11.1 Å². The summed E-state index contributed by atoms with van der Waals surface area (Å²) in [5.41, 5.74) is 2.31. The maximum Gasteiger partial charge on any atom is 0.341 e. The standard InChI is InChI=1S/C14H18O6/c1-6-7(2)9(4)12(11(8(6)3)13(17)18)14(19)20-10(16)5-15/h10,15-16H,5H2,1-4H3,(H,17,18). The van der Waals surface area contributed by atoms with E-state index in [1.165, 1.54) is 0 Å². The highest BCUT2D eigenvalue weighted by Gasteiger charge is 2.27. The minimum absolute atomic E-state index is 0.0920. The first kappa shape index (κ1) is 16.1. The number of carboxylic acid groups (broad SMARTS) is 1. The quantitative estimate of drug-likeness (QED) is 0.564. The van der Waals surface area contributed by atoms with Crippen molar-refractivity contribution >= 4 is 11.9 Å². The van der Waals surface area contributed by atoms with Crippen LogP contribution in [0.15, 0.2) is 0 Å². The van der Waals surface area contributed by atoms with Gasteiger partial charge in [0.1, 0.15) is 6.61 Å². The summed E-state index contributed by atoms with van der Waals surface area (Å²) in [7, 11) is 0. The number of benzene rings is 1. The van der Waals surface area contributed by atoms with Gasteiger partial charge in [0.15, 0.2) is 0 Å². The van der Waals surface area contributed by atoms with E-state index in [1.807, 2.05) is 0 Å². The van der Waals surface area contributed by atoms with Gasteiger partial charge in [-0.15, -0.1) is 0 Å². The predicted molar refractivity (Wildman–Crippen MR) is 70.9 cm³/mol. The van der Waals surface area contributed by atoms with Crippen LogP contribution < -0.4 is 0 Å². The van der Waals surface area contributed by atoms with E-state index in [0.29, 0.717) is 11.1 Å². The molecule has 0 saturated carbocycles. The van der Waals surface area contributed by atoms with Crippen LogP contribution in [0.2, 0.25) is 0 Å². The topological polar surface area (TPSA) is 104 Å². The van der Waals surface area contributed by atoms with Crippen molar-refractivity contribution < 1.29 is 29.6 Å². The molecular weight excluding hydrogens is 264 g/mol. The fourth-order valence-electron chi connectivity index (χ4n) is 2.05. The second-order valence-electron chi connectivity index (χ2n) is 4.60. The molecule has 1 unspecified atom stereocenters. The van der Waals surface area contributed by atoms with Crippen molar-refractivity contribution in [1.29, 1.82) is 0 Å². The van der Waals surface area contributed by atoms with Crippen LogP contribution in [-0.4, -0.2) is 40.2 Å². The number of aromatic carboxylic acids is 1. The van der Waals surface area contributed by atoms with Gasteiger partial charge in [-0.2, -0.15) is 0 Å². The molecule has 0 aliphatic rings. The number of hydrogen-bond donors (Lipinski definition) is 3. The molecule has 0 heterocycles. The van der Waals surface area contributed by atoms with Crippen LogP contribution in [0.1, 0.15) is 43.0 Å². The van der Waals surface area contributed by atoms with Gasteiger partial charge >= 0.3 is 11.9 Å². The molecule has 1 rings (SSSR count). The maximum absolute atomic E-state index is 12.0. The Morgan fingerprint density at radius 1 is 1.00 bits per heavy atom. The second kappa shape index (κ2) is 6.02. The number of hydrogen-bond acceptors (Lipinski definition) is 5. The lowest BCUT2D eigenvalue weighted by Crippen LogP contribution is -2.24. The average Bonchev–Trinajstić information content (AvgIpc) is 2.39. The number of carbonyl (C=O) groups is 2. The number of rotatable bonds is 4. The average molecular weight is 282 g/mol. The van der Waals surface area contributed by atoms with Gasteiger partial charge in [0.2, 0.25) is 6.29 Å². The molecule has 0 fully saturated rings. The summed E-state index contributed by atoms with van der Waals surface area (Å²) in [5, 5.41) is 27.2. The summed E-state index contributed by atoms with van der Waals surface area (Å²) in [6.07, 6.45) is -1.68. The fourth-order valence-corrected chi connectivity index (χ4v) is 2.05. The molecule has 1 aromatic rings. The van der Waals surface area contributed by atoms with Crippen LogP contribution in [0, 0.1) is 27.7 Å². The molecule has 0 aromatic heterocycles. The molecule has 0 radical (unpaired) electrons. The summed E-state index contributed by atoms with van der Waals surface area (Å²) in [6.45, 7) is 6.04. The zero-order chi connectivity index (χ0) is 15.6. The van der Waals surface area contributed by atoms with Gasteiger partial charge in [-0.1, -0.05) is 0 Å². The third-order valence-corrected chi connectivity index (χ3v) is 3.50. The molecule has 0 aliphatic carbocycles. The van der Waals surface area contributed by atoms with E-state index in [9.17, 15) is 14.7 Å². The van der Waals surface area contributed by atoms with Crippen LogP contribution in [-0.2, 0) is 4.74 Å². The van der Waals surface area contributed by atoms with E-state index < -0.39 is 24.8 Å². The number of esters is 1. The lowest BCUT2D eigenvalue weighted by molar-refractivity contribution is -0.0905. The van der Waals surface area contributed by atoms with Crippen LogP contribution in [0.3, 0.4) is 0 Å². The zero-order valence-corrected chi connectivity index (χ0v) is 11.9. The van der Waals surface area contributed by atoms with E-state index >= 15 is 0 Å². The number of carbonyl (C=O) groups excluding carboxylic acids is 1. The van der Waals surface area contributed by atoms with Crippen LogP contribution in [0.25, 0.3) is 0 Å². The van der Waals surface area contributed by atoms with E-state index in [2.05, 4.69) is 4.74 Å². The highest BCUT2D eigenvalue weighted by Crippen LogP contribution is 2.27. The number of carboxylic acids is 1. The van der Waals surface area contributed by atoms with Gasteiger partial charge in [0, 0.05) is 0 Å². The Bertz CT molecular complexity index is 562. The van der Waals surface area contributed by atoms with Gasteiger partial charge in [-0.25, -0.2) is 9.59 Å². The van der Waals surface area contributed by atoms with Gasteiger partial charge < -0.3 is 20.1 Å². The molecule has 0 amide bonds. The van der Waals surface area contributed by atoms with Crippen molar-refractivity contribution in [3.05, 3.63) is 33.4 Å². The predicted octanol–water partition coefficient (Wildman–Crippen LogP) is 1.09. The number of ether oxygens (including phenoxy) is 1. The first-order chi connectivity index (χ1) is 9.22. The largest absolute Gasteiger partial charge is 0.478 e. The minimum atomic E-state index is -1.68. The third kappa shape index (κ3) is 2.81. The Hall–Kier alpha value is -1.92. The van der Waals surface area contributed by atoms with E-state index in [4.69, 9.17) is 10.2 Å². The van der Waals surface area contributed by atoms with E-state index in [1.54, 1.807) is 27.7 Å². The van der Waals surface area contributed by atoms with Gasteiger partial charge in [0.05, 0.1) is 11.1 Å². The second-order valence-corrected chi connectivity index (χ2v) is 4.60. The molecule has 20 heavy (non-hydrogen) atoms. The van der Waals surface area contributed by atoms with Crippen molar-refractivity contribution in [2.24, 2.45) is 0 Å². The van der Waals surface area contributed by atoms with Crippen LogP contribution in [0.5, 0.6) is 0 Å². The minimum Gasteiger partial charge on any atom is -0.478 e. The maximum atomic E-state index is 12.0. The Morgan fingerprint density at radius 2 is 1.45 bits per heavy atom. The molecular formula is C14H18O6. The van der Waals surface area contributed by atoms with E-state index in [0.717, 1.165) is 11.1 Å². The molecule has 110 valence electrons. The summed E-state index contributed by atoms with van der Waals surface area (Å²) < 4.78 is 4.61. The smallest absolute Gasteiger partial charge is 0.341 e. The summed E-state index contributed by atoms with van der Waals surface area (Å²) in [4.78, 5) is 23.4. The van der Waals surface area contributed by atoms with Gasteiger partial charge in [-0.05, 0) is 49.9 Å². The lowest BCUT2D eigenvalue weighted by Gasteiger charge is -2.18. The Morgan fingerprint density at radius 3 is 1.85 bits per heavy atom.